The maximum atomic E-state index is 12.9. The number of anilines is 1. The minimum atomic E-state index is -0.609. The lowest BCUT2D eigenvalue weighted by molar-refractivity contribution is -0.136. The number of hydrogen-bond acceptors (Lipinski definition) is 3. The van der Waals surface area contributed by atoms with E-state index in [-0.39, 0.29) is 5.91 Å². The Morgan fingerprint density at radius 2 is 1.57 bits per heavy atom. The number of rotatable bonds is 4. The quantitative estimate of drug-likeness (QED) is 0.795. The molecule has 5 nitrogen and oxygen atoms in total. The van der Waals surface area contributed by atoms with E-state index in [0.29, 0.717) is 13.0 Å². The molecule has 0 radical (unpaired) electrons. The van der Waals surface area contributed by atoms with Crippen LogP contribution in [-0.2, 0) is 22.6 Å². The number of benzene rings is 2. The van der Waals surface area contributed by atoms with Crippen molar-refractivity contribution in [2.75, 3.05) is 18.0 Å². The Morgan fingerprint density at radius 1 is 0.900 bits per heavy atom. The molecule has 2 aromatic rings. The third kappa shape index (κ3) is 4.56. The van der Waals surface area contributed by atoms with Crippen LogP contribution in [0.4, 0.5) is 5.69 Å². The molecule has 5 heteroatoms. The normalized spacial score (nSPS) is 19.4. The smallest absolute Gasteiger partial charge is 0.247 e. The Bertz CT molecular complexity index is 928. The fourth-order valence-corrected chi connectivity index (χ4v) is 4.40. The van der Waals surface area contributed by atoms with Gasteiger partial charge in [0, 0.05) is 37.8 Å². The van der Waals surface area contributed by atoms with Gasteiger partial charge in [0.2, 0.25) is 11.8 Å². The van der Waals surface area contributed by atoms with Crippen LogP contribution in [0.3, 0.4) is 0 Å². The Labute approximate surface area is 178 Å². The zero-order valence-electron chi connectivity index (χ0n) is 17.3. The lowest BCUT2D eigenvalue weighted by Gasteiger charge is -2.34. The maximum Gasteiger partial charge on any atom is 0.247 e. The number of carbonyl (C=O) groups excluding carboxylic acids is 2. The van der Waals surface area contributed by atoms with E-state index in [0.717, 1.165) is 29.8 Å². The minimum absolute atomic E-state index is 0.190. The number of nitrogens with two attached hydrogens (primary N) is 1. The van der Waals surface area contributed by atoms with Gasteiger partial charge in [-0.25, -0.2) is 0 Å². The van der Waals surface area contributed by atoms with E-state index < -0.39 is 11.9 Å². The van der Waals surface area contributed by atoms with E-state index in [2.05, 4.69) is 17.0 Å². The molecule has 2 heterocycles. The monoisotopic (exact) mass is 403 g/mol. The third-order valence-corrected chi connectivity index (χ3v) is 6.14. The van der Waals surface area contributed by atoms with Crippen LogP contribution >= 0.6 is 0 Å². The van der Waals surface area contributed by atoms with Crippen LogP contribution in [-0.4, -0.2) is 35.8 Å². The third-order valence-electron chi connectivity index (χ3n) is 6.14. The van der Waals surface area contributed by atoms with E-state index in [9.17, 15) is 9.59 Å². The van der Waals surface area contributed by atoms with Crippen LogP contribution in [0.1, 0.15) is 42.4 Å². The van der Waals surface area contributed by atoms with Gasteiger partial charge in [-0.3, -0.25) is 9.59 Å². The number of primary amides is 1. The molecule has 2 aliphatic rings. The Hall–Kier alpha value is -3.08. The molecule has 0 saturated carbocycles. The second kappa shape index (κ2) is 9.16. The van der Waals surface area contributed by atoms with Crippen LogP contribution in [0.15, 0.2) is 54.6 Å². The molecule has 2 amide bonds. The number of nitrogens with zero attached hydrogens (tertiary/aromatic N) is 2. The van der Waals surface area contributed by atoms with Crippen molar-refractivity contribution < 1.29 is 9.59 Å². The van der Waals surface area contributed by atoms with Crippen molar-refractivity contribution >= 4 is 23.6 Å². The van der Waals surface area contributed by atoms with Crippen LogP contribution < -0.4 is 10.6 Å². The standard InChI is InChI=1S/C25H29N3O2/c26-25(30)23-17-20-7-3-4-8-21(20)18-28(23)24(29)14-11-19-9-12-22(13-10-19)27-15-5-1-2-6-16-27/h3-4,7-14,23H,1-2,5-6,15-18H2,(H2,26,30). The number of carbonyl (C=O) groups is 2. The van der Waals surface area contributed by atoms with Crippen molar-refractivity contribution in [3.8, 4) is 0 Å². The highest BCUT2D eigenvalue weighted by Gasteiger charge is 2.32. The van der Waals surface area contributed by atoms with Crippen molar-refractivity contribution in [2.24, 2.45) is 5.73 Å². The van der Waals surface area contributed by atoms with E-state index >= 15 is 0 Å². The lowest BCUT2D eigenvalue weighted by Crippen LogP contribution is -2.50. The first-order valence-corrected chi connectivity index (χ1v) is 10.8. The van der Waals surface area contributed by atoms with Gasteiger partial charge in [0.25, 0.3) is 0 Å². The molecule has 2 N–H and O–H groups in total. The van der Waals surface area contributed by atoms with Crippen LogP contribution in [0, 0.1) is 0 Å². The molecule has 0 aromatic heterocycles. The minimum Gasteiger partial charge on any atom is -0.372 e. The predicted octanol–water partition coefficient (Wildman–Crippen LogP) is 3.52. The molecule has 0 bridgehead atoms. The van der Waals surface area contributed by atoms with Crippen LogP contribution in [0.2, 0.25) is 0 Å². The largest absolute Gasteiger partial charge is 0.372 e. The summed E-state index contributed by atoms with van der Waals surface area (Å²) in [5.41, 5.74) is 9.95. The van der Waals surface area contributed by atoms with Crippen molar-refractivity contribution in [3.05, 3.63) is 71.3 Å². The van der Waals surface area contributed by atoms with Crippen LogP contribution in [0.5, 0.6) is 0 Å². The molecule has 1 unspecified atom stereocenters. The molecule has 0 aliphatic carbocycles. The second-order valence-corrected chi connectivity index (χ2v) is 8.18. The zero-order valence-corrected chi connectivity index (χ0v) is 17.3. The summed E-state index contributed by atoms with van der Waals surface area (Å²) >= 11 is 0. The Morgan fingerprint density at radius 3 is 2.23 bits per heavy atom. The van der Waals surface area contributed by atoms with E-state index in [1.807, 2.05) is 42.5 Å². The van der Waals surface area contributed by atoms with Crippen molar-refractivity contribution in [2.45, 2.75) is 44.7 Å². The summed E-state index contributed by atoms with van der Waals surface area (Å²) in [4.78, 5) is 28.9. The topological polar surface area (TPSA) is 66.6 Å². The summed E-state index contributed by atoms with van der Waals surface area (Å²) in [6, 6.07) is 15.6. The fourth-order valence-electron chi connectivity index (χ4n) is 4.40. The molecule has 1 fully saturated rings. The lowest BCUT2D eigenvalue weighted by atomic mass is 9.93. The molecule has 1 atom stereocenters. The van der Waals surface area contributed by atoms with Gasteiger partial charge in [0.05, 0.1) is 0 Å². The zero-order chi connectivity index (χ0) is 20.9. The SMILES string of the molecule is NC(=O)C1Cc2ccccc2CN1C(=O)C=Cc1ccc(N2CCCCCC2)cc1. The summed E-state index contributed by atoms with van der Waals surface area (Å²) < 4.78 is 0. The van der Waals surface area contributed by atoms with Gasteiger partial charge in [-0.15, -0.1) is 0 Å². The first-order valence-electron chi connectivity index (χ1n) is 10.8. The fraction of sp³-hybridized carbons (Fsp3) is 0.360. The van der Waals surface area contributed by atoms with Gasteiger partial charge in [-0.2, -0.15) is 0 Å². The second-order valence-electron chi connectivity index (χ2n) is 8.18. The molecule has 156 valence electrons. The first kappa shape index (κ1) is 20.2. The highest BCUT2D eigenvalue weighted by atomic mass is 16.2. The molecular formula is C25H29N3O2. The summed E-state index contributed by atoms with van der Waals surface area (Å²) in [5.74, 6) is -0.655. The molecule has 2 aromatic carbocycles. The van der Waals surface area contributed by atoms with Crippen molar-refractivity contribution in [3.63, 3.8) is 0 Å². The number of hydrogen-bond donors (Lipinski definition) is 1. The first-order chi connectivity index (χ1) is 14.6. The molecule has 1 saturated heterocycles. The average molecular weight is 404 g/mol. The number of fused-ring (bicyclic) bond motifs is 1. The van der Waals surface area contributed by atoms with Gasteiger partial charge in [-0.05, 0) is 47.7 Å². The van der Waals surface area contributed by atoms with Gasteiger partial charge in [-0.1, -0.05) is 49.2 Å². The van der Waals surface area contributed by atoms with E-state index in [4.69, 9.17) is 5.73 Å². The van der Waals surface area contributed by atoms with Gasteiger partial charge < -0.3 is 15.5 Å². The summed E-state index contributed by atoms with van der Waals surface area (Å²) in [6.45, 7) is 2.62. The maximum absolute atomic E-state index is 12.9. The van der Waals surface area contributed by atoms with E-state index in [1.54, 1.807) is 11.0 Å². The summed E-state index contributed by atoms with van der Waals surface area (Å²) in [5, 5.41) is 0. The molecule has 4 rings (SSSR count). The molecule has 30 heavy (non-hydrogen) atoms. The van der Waals surface area contributed by atoms with Crippen molar-refractivity contribution in [1.29, 1.82) is 0 Å². The van der Waals surface area contributed by atoms with Crippen LogP contribution in [0.25, 0.3) is 6.08 Å². The Balaban J connectivity index is 1.45. The summed E-state index contributed by atoms with van der Waals surface area (Å²) in [6.07, 6.45) is 8.94. The molecule has 2 aliphatic heterocycles. The average Bonchev–Trinajstić information content (AvgIpc) is 3.06. The highest BCUT2D eigenvalue weighted by Crippen LogP contribution is 2.24. The Kier molecular flexibility index (Phi) is 6.17. The number of amides is 2. The molecular weight excluding hydrogens is 374 g/mol. The molecule has 0 spiro atoms. The van der Waals surface area contributed by atoms with Crippen molar-refractivity contribution in [1.82, 2.24) is 4.90 Å². The predicted molar refractivity (Wildman–Crippen MR) is 120 cm³/mol. The van der Waals surface area contributed by atoms with Gasteiger partial charge in [0.1, 0.15) is 6.04 Å². The van der Waals surface area contributed by atoms with E-state index in [1.165, 1.54) is 31.4 Å². The highest BCUT2D eigenvalue weighted by molar-refractivity contribution is 5.95. The summed E-state index contributed by atoms with van der Waals surface area (Å²) in [7, 11) is 0. The van der Waals surface area contributed by atoms with Gasteiger partial charge >= 0.3 is 0 Å². The van der Waals surface area contributed by atoms with Gasteiger partial charge in [0.15, 0.2) is 0 Å².